The van der Waals surface area contributed by atoms with E-state index >= 15 is 0 Å². The highest BCUT2D eigenvalue weighted by Gasteiger charge is 2.09. The van der Waals surface area contributed by atoms with Crippen LogP contribution in [-0.4, -0.2) is 101 Å². The van der Waals surface area contributed by atoms with Gasteiger partial charge in [-0.25, -0.2) is 0 Å². The van der Waals surface area contributed by atoms with E-state index in [2.05, 4.69) is 43.8 Å². The maximum absolute atomic E-state index is 11.2. The van der Waals surface area contributed by atoms with Crippen molar-refractivity contribution in [1.82, 2.24) is 20.4 Å². The molecule has 2 N–H and O–H groups in total. The van der Waals surface area contributed by atoms with E-state index < -0.39 is 0 Å². The number of rotatable bonds is 21. The van der Waals surface area contributed by atoms with Gasteiger partial charge in [-0.05, 0) is 25.9 Å². The second kappa shape index (κ2) is 21.0. The molecule has 0 aliphatic rings. The van der Waals surface area contributed by atoms with Crippen LogP contribution in [0.15, 0.2) is 0 Å². The summed E-state index contributed by atoms with van der Waals surface area (Å²) in [5.41, 5.74) is 0. The lowest BCUT2D eigenvalue weighted by Gasteiger charge is -2.28. The quantitative estimate of drug-likeness (QED) is 0.209. The smallest absolute Gasteiger partial charge is 0.306 e. The highest BCUT2D eigenvalue weighted by molar-refractivity contribution is 5.69. The molecule has 8 heteroatoms. The van der Waals surface area contributed by atoms with Crippen LogP contribution in [0.3, 0.4) is 0 Å². The Morgan fingerprint density at radius 3 is 1.37 bits per heavy atom. The molecule has 0 spiro atoms. The number of ether oxygens (including phenoxy) is 2. The van der Waals surface area contributed by atoms with Crippen molar-refractivity contribution in [3.8, 4) is 0 Å². The fourth-order valence-electron chi connectivity index (χ4n) is 3.03. The molecule has 0 saturated carbocycles. The lowest BCUT2D eigenvalue weighted by molar-refractivity contribution is -0.141. The van der Waals surface area contributed by atoms with Crippen LogP contribution in [0.4, 0.5) is 0 Å². The summed E-state index contributed by atoms with van der Waals surface area (Å²) in [5.74, 6) is -0.339. The predicted molar refractivity (Wildman–Crippen MR) is 122 cm³/mol. The van der Waals surface area contributed by atoms with E-state index in [1.807, 2.05) is 0 Å². The van der Waals surface area contributed by atoms with Crippen molar-refractivity contribution in [2.45, 2.75) is 52.4 Å². The maximum Gasteiger partial charge on any atom is 0.306 e. The second-order valence-electron chi connectivity index (χ2n) is 7.54. The van der Waals surface area contributed by atoms with Crippen LogP contribution in [0.2, 0.25) is 0 Å². The van der Waals surface area contributed by atoms with Gasteiger partial charge < -0.3 is 29.9 Å². The number of unbranched alkanes of at least 4 members (excludes halogenated alkanes) is 2. The molecule has 0 aliphatic carbocycles. The summed E-state index contributed by atoms with van der Waals surface area (Å²) in [6.07, 6.45) is 5.61. The second-order valence-corrected chi connectivity index (χ2v) is 7.54. The molecule has 0 aliphatic heterocycles. The SMILES string of the molecule is CCCCN(CCNCCC(=O)OC)CCN(CCCC)CCNCCC(=O)OC. The third kappa shape index (κ3) is 17.6. The minimum atomic E-state index is -0.169. The van der Waals surface area contributed by atoms with Gasteiger partial charge in [0.1, 0.15) is 0 Å². The van der Waals surface area contributed by atoms with Crippen LogP contribution in [-0.2, 0) is 19.1 Å². The molecule has 0 amide bonds. The molecule has 0 atom stereocenters. The van der Waals surface area contributed by atoms with Gasteiger partial charge in [0.2, 0.25) is 0 Å². The molecule has 0 unspecified atom stereocenters. The third-order valence-corrected chi connectivity index (χ3v) is 5.07. The third-order valence-electron chi connectivity index (χ3n) is 5.07. The largest absolute Gasteiger partial charge is 0.469 e. The Bertz CT molecular complexity index is 386. The van der Waals surface area contributed by atoms with Crippen LogP contribution in [0.25, 0.3) is 0 Å². The number of nitrogens with one attached hydrogen (secondary N) is 2. The number of esters is 2. The minimum absolute atomic E-state index is 0.169. The summed E-state index contributed by atoms with van der Waals surface area (Å²) < 4.78 is 9.34. The van der Waals surface area contributed by atoms with Gasteiger partial charge >= 0.3 is 11.9 Å². The average molecular weight is 431 g/mol. The lowest BCUT2D eigenvalue weighted by atomic mass is 10.3. The number of carbonyl (C=O) groups is 2. The Hall–Kier alpha value is -1.22. The Morgan fingerprint density at radius 1 is 0.633 bits per heavy atom. The van der Waals surface area contributed by atoms with Gasteiger partial charge in [-0.3, -0.25) is 9.59 Å². The maximum atomic E-state index is 11.2. The number of hydrogen-bond donors (Lipinski definition) is 2. The number of nitrogens with zero attached hydrogens (tertiary/aromatic N) is 2. The van der Waals surface area contributed by atoms with Gasteiger partial charge in [0.25, 0.3) is 0 Å². The number of carbonyl (C=O) groups excluding carboxylic acids is 2. The van der Waals surface area contributed by atoms with Gasteiger partial charge in [-0.2, -0.15) is 0 Å². The molecule has 0 heterocycles. The predicted octanol–water partition coefficient (Wildman–Crippen LogP) is 1.50. The van der Waals surface area contributed by atoms with Crippen molar-refractivity contribution in [3.63, 3.8) is 0 Å². The van der Waals surface area contributed by atoms with E-state index in [-0.39, 0.29) is 11.9 Å². The monoisotopic (exact) mass is 430 g/mol. The fourth-order valence-corrected chi connectivity index (χ4v) is 3.03. The normalized spacial score (nSPS) is 11.3. The van der Waals surface area contributed by atoms with E-state index in [0.717, 1.165) is 52.4 Å². The van der Waals surface area contributed by atoms with Crippen molar-refractivity contribution in [2.75, 3.05) is 79.7 Å². The first-order valence-corrected chi connectivity index (χ1v) is 11.6. The molecule has 30 heavy (non-hydrogen) atoms. The van der Waals surface area contributed by atoms with Crippen LogP contribution in [0.1, 0.15) is 52.4 Å². The number of hydrogen-bond acceptors (Lipinski definition) is 8. The lowest BCUT2D eigenvalue weighted by Crippen LogP contribution is -2.41. The Kier molecular flexibility index (Phi) is 20.2. The molecule has 0 aromatic heterocycles. The van der Waals surface area contributed by atoms with Crippen molar-refractivity contribution in [2.24, 2.45) is 0 Å². The summed E-state index contributed by atoms with van der Waals surface area (Å²) in [6.45, 7) is 13.8. The highest BCUT2D eigenvalue weighted by atomic mass is 16.5. The summed E-state index contributed by atoms with van der Waals surface area (Å²) >= 11 is 0. The molecule has 0 aromatic carbocycles. The zero-order valence-electron chi connectivity index (χ0n) is 19.8. The van der Waals surface area contributed by atoms with Gasteiger partial charge in [-0.15, -0.1) is 0 Å². The molecule has 178 valence electrons. The Labute approximate surface area is 184 Å². The standard InChI is InChI=1S/C22H46N4O4/c1-5-7-15-25(17-13-23-11-9-21(27)29-3)19-20-26(16-8-6-2)18-14-24-12-10-22(28)30-4/h23-24H,5-20H2,1-4H3. The average Bonchev–Trinajstić information content (AvgIpc) is 2.76. The van der Waals surface area contributed by atoms with E-state index in [4.69, 9.17) is 0 Å². The first kappa shape index (κ1) is 28.8. The van der Waals surface area contributed by atoms with Crippen molar-refractivity contribution in [3.05, 3.63) is 0 Å². The van der Waals surface area contributed by atoms with Gasteiger partial charge in [0, 0.05) is 52.4 Å². The Balaban J connectivity index is 4.25. The zero-order chi connectivity index (χ0) is 22.5. The summed E-state index contributed by atoms with van der Waals surface area (Å²) in [4.78, 5) is 27.4. The van der Waals surface area contributed by atoms with Crippen LogP contribution in [0.5, 0.6) is 0 Å². The van der Waals surface area contributed by atoms with Crippen LogP contribution >= 0.6 is 0 Å². The first-order chi connectivity index (χ1) is 14.6. The van der Waals surface area contributed by atoms with Crippen molar-refractivity contribution in [1.29, 1.82) is 0 Å². The topological polar surface area (TPSA) is 83.1 Å². The van der Waals surface area contributed by atoms with E-state index in [1.54, 1.807) is 0 Å². The van der Waals surface area contributed by atoms with Gasteiger partial charge in [0.05, 0.1) is 27.1 Å². The number of methoxy groups -OCH3 is 2. The molecular weight excluding hydrogens is 384 g/mol. The molecule has 0 rings (SSSR count). The molecule has 0 bridgehead atoms. The summed E-state index contributed by atoms with van der Waals surface area (Å²) in [7, 11) is 2.85. The van der Waals surface area contributed by atoms with E-state index in [9.17, 15) is 9.59 Å². The van der Waals surface area contributed by atoms with E-state index in [1.165, 1.54) is 39.9 Å². The minimum Gasteiger partial charge on any atom is -0.469 e. The molecule has 0 radical (unpaired) electrons. The zero-order valence-corrected chi connectivity index (χ0v) is 19.8. The molecule has 0 aromatic rings. The molecular formula is C22H46N4O4. The van der Waals surface area contributed by atoms with Crippen LogP contribution in [0, 0.1) is 0 Å². The molecule has 8 nitrogen and oxygen atoms in total. The first-order valence-electron chi connectivity index (χ1n) is 11.6. The summed E-state index contributed by atoms with van der Waals surface area (Å²) in [5, 5.41) is 6.68. The van der Waals surface area contributed by atoms with E-state index in [0.29, 0.717) is 25.9 Å². The van der Waals surface area contributed by atoms with Crippen molar-refractivity contribution >= 4 is 11.9 Å². The Morgan fingerprint density at radius 2 is 1.03 bits per heavy atom. The van der Waals surface area contributed by atoms with Gasteiger partial charge in [0.15, 0.2) is 0 Å². The fraction of sp³-hybridized carbons (Fsp3) is 0.909. The molecule has 0 saturated heterocycles. The van der Waals surface area contributed by atoms with Crippen molar-refractivity contribution < 1.29 is 19.1 Å². The summed E-state index contributed by atoms with van der Waals surface area (Å²) in [6, 6.07) is 0. The highest BCUT2D eigenvalue weighted by Crippen LogP contribution is 1.99. The van der Waals surface area contributed by atoms with Gasteiger partial charge in [-0.1, -0.05) is 26.7 Å². The molecule has 0 fully saturated rings. The van der Waals surface area contributed by atoms with Crippen LogP contribution < -0.4 is 10.6 Å².